The molecule has 0 aliphatic carbocycles. The highest BCUT2D eigenvalue weighted by Gasteiger charge is 2.17. The summed E-state index contributed by atoms with van der Waals surface area (Å²) < 4.78 is 5.14. The minimum Gasteiger partial charge on any atom is -0.380 e. The summed E-state index contributed by atoms with van der Waals surface area (Å²) in [6.45, 7) is 2.55. The first-order valence-corrected chi connectivity index (χ1v) is 6.87. The Bertz CT molecular complexity index is 414. The van der Waals surface area contributed by atoms with E-state index in [0.29, 0.717) is 18.9 Å². The van der Waals surface area contributed by atoms with Gasteiger partial charge in [-0.2, -0.15) is 0 Å². The van der Waals surface area contributed by atoms with Crippen LogP contribution in [0, 0.1) is 5.92 Å². The van der Waals surface area contributed by atoms with Crippen molar-refractivity contribution in [2.75, 3.05) is 25.5 Å². The van der Waals surface area contributed by atoms with Crippen molar-refractivity contribution in [1.82, 2.24) is 5.32 Å². The Labute approximate surface area is 114 Å². The zero-order chi connectivity index (χ0) is 13.5. The standard InChI is InChI=1S/C15H22N2O2/c1-19-11-13-6-2-3-7-14(13)17-15(18)9-12-5-4-8-16-10-12/h2-3,6-7,12,16H,4-5,8-11H2,1H3,(H,17,18). The predicted octanol–water partition coefficient (Wildman–Crippen LogP) is 2.16. The molecule has 4 nitrogen and oxygen atoms in total. The molecule has 1 aliphatic rings. The number of benzene rings is 1. The number of carbonyl (C=O) groups is 1. The molecule has 0 spiro atoms. The van der Waals surface area contributed by atoms with Gasteiger partial charge in [-0.1, -0.05) is 18.2 Å². The van der Waals surface area contributed by atoms with Crippen molar-refractivity contribution in [2.45, 2.75) is 25.9 Å². The summed E-state index contributed by atoms with van der Waals surface area (Å²) in [4.78, 5) is 12.1. The normalized spacial score (nSPS) is 19.1. The molecule has 1 fully saturated rings. The highest BCUT2D eigenvalue weighted by molar-refractivity contribution is 5.91. The zero-order valence-electron chi connectivity index (χ0n) is 11.4. The first kappa shape index (κ1) is 14.0. The highest BCUT2D eigenvalue weighted by Crippen LogP contribution is 2.18. The van der Waals surface area contributed by atoms with E-state index in [9.17, 15) is 4.79 Å². The molecular weight excluding hydrogens is 240 g/mol. The van der Waals surface area contributed by atoms with Gasteiger partial charge in [-0.3, -0.25) is 4.79 Å². The van der Waals surface area contributed by atoms with E-state index >= 15 is 0 Å². The summed E-state index contributed by atoms with van der Waals surface area (Å²) in [5, 5.41) is 6.33. The van der Waals surface area contributed by atoms with Crippen molar-refractivity contribution in [3.8, 4) is 0 Å². The van der Waals surface area contributed by atoms with E-state index in [1.54, 1.807) is 7.11 Å². The number of hydrogen-bond acceptors (Lipinski definition) is 3. The number of hydrogen-bond donors (Lipinski definition) is 2. The molecule has 1 aliphatic heterocycles. The molecule has 1 amide bonds. The summed E-state index contributed by atoms with van der Waals surface area (Å²) in [5.41, 5.74) is 1.87. The van der Waals surface area contributed by atoms with Crippen LogP contribution in [0.2, 0.25) is 0 Å². The predicted molar refractivity (Wildman–Crippen MR) is 76.0 cm³/mol. The van der Waals surface area contributed by atoms with Gasteiger partial charge in [0.25, 0.3) is 0 Å². The largest absolute Gasteiger partial charge is 0.380 e. The van der Waals surface area contributed by atoms with Crippen molar-refractivity contribution >= 4 is 11.6 Å². The maximum atomic E-state index is 12.1. The first-order valence-electron chi connectivity index (χ1n) is 6.87. The Kier molecular flexibility index (Phi) is 5.36. The van der Waals surface area contributed by atoms with Gasteiger partial charge in [0.1, 0.15) is 0 Å². The lowest BCUT2D eigenvalue weighted by atomic mass is 9.96. The Morgan fingerprint density at radius 1 is 1.47 bits per heavy atom. The Morgan fingerprint density at radius 2 is 2.32 bits per heavy atom. The summed E-state index contributed by atoms with van der Waals surface area (Å²) in [6.07, 6.45) is 2.90. The maximum Gasteiger partial charge on any atom is 0.224 e. The molecule has 0 aromatic heterocycles. The summed E-state index contributed by atoms with van der Waals surface area (Å²) in [6, 6.07) is 7.78. The maximum absolute atomic E-state index is 12.1. The average Bonchev–Trinajstić information content (AvgIpc) is 2.42. The number of amides is 1. The Hall–Kier alpha value is -1.39. The van der Waals surface area contributed by atoms with E-state index in [4.69, 9.17) is 4.74 Å². The van der Waals surface area contributed by atoms with Gasteiger partial charge < -0.3 is 15.4 Å². The van der Waals surface area contributed by atoms with Gasteiger partial charge in [0.05, 0.1) is 6.61 Å². The smallest absolute Gasteiger partial charge is 0.224 e. The van der Waals surface area contributed by atoms with Gasteiger partial charge in [0, 0.05) is 24.8 Å². The number of ether oxygens (including phenoxy) is 1. The molecule has 1 saturated heterocycles. The quantitative estimate of drug-likeness (QED) is 0.855. The lowest BCUT2D eigenvalue weighted by Gasteiger charge is -2.22. The molecule has 0 bridgehead atoms. The molecule has 1 atom stereocenters. The minimum atomic E-state index is 0.0947. The number of anilines is 1. The van der Waals surface area contributed by atoms with E-state index in [1.807, 2.05) is 24.3 Å². The second kappa shape index (κ2) is 7.26. The van der Waals surface area contributed by atoms with Crippen LogP contribution in [0.25, 0.3) is 0 Å². The van der Waals surface area contributed by atoms with E-state index in [1.165, 1.54) is 0 Å². The molecule has 1 heterocycles. The molecular formula is C15H22N2O2. The van der Waals surface area contributed by atoms with Gasteiger partial charge in [-0.05, 0) is 37.9 Å². The number of rotatable bonds is 5. The second-order valence-corrected chi connectivity index (χ2v) is 5.05. The number of piperidine rings is 1. The van der Waals surface area contributed by atoms with Gasteiger partial charge in [0.15, 0.2) is 0 Å². The summed E-state index contributed by atoms with van der Waals surface area (Å²) in [7, 11) is 1.66. The SMILES string of the molecule is COCc1ccccc1NC(=O)CC1CCCNC1. The molecule has 0 saturated carbocycles. The molecule has 2 rings (SSSR count). The average molecular weight is 262 g/mol. The molecule has 104 valence electrons. The molecule has 1 aromatic carbocycles. The minimum absolute atomic E-state index is 0.0947. The van der Waals surface area contributed by atoms with Crippen LogP contribution in [-0.2, 0) is 16.1 Å². The fourth-order valence-corrected chi connectivity index (χ4v) is 2.49. The number of carbonyl (C=O) groups excluding carboxylic acids is 1. The lowest BCUT2D eigenvalue weighted by molar-refractivity contribution is -0.117. The number of nitrogens with one attached hydrogen (secondary N) is 2. The van der Waals surface area contributed by atoms with Crippen molar-refractivity contribution in [3.05, 3.63) is 29.8 Å². The van der Waals surface area contributed by atoms with Crippen LogP contribution in [0.1, 0.15) is 24.8 Å². The van der Waals surface area contributed by atoms with Crippen LogP contribution in [-0.4, -0.2) is 26.1 Å². The molecule has 1 unspecified atom stereocenters. The zero-order valence-corrected chi connectivity index (χ0v) is 11.4. The fourth-order valence-electron chi connectivity index (χ4n) is 2.49. The van der Waals surface area contributed by atoms with E-state index in [-0.39, 0.29) is 5.91 Å². The van der Waals surface area contributed by atoms with Gasteiger partial charge in [0.2, 0.25) is 5.91 Å². The molecule has 19 heavy (non-hydrogen) atoms. The van der Waals surface area contributed by atoms with Crippen LogP contribution in [0.15, 0.2) is 24.3 Å². The van der Waals surface area contributed by atoms with Crippen LogP contribution >= 0.6 is 0 Å². The molecule has 4 heteroatoms. The van der Waals surface area contributed by atoms with Crippen LogP contribution in [0.3, 0.4) is 0 Å². The van der Waals surface area contributed by atoms with Crippen molar-refractivity contribution in [2.24, 2.45) is 5.92 Å². The summed E-state index contributed by atoms with van der Waals surface area (Å²) >= 11 is 0. The van der Waals surface area contributed by atoms with Crippen LogP contribution in [0.5, 0.6) is 0 Å². The monoisotopic (exact) mass is 262 g/mol. The lowest BCUT2D eigenvalue weighted by Crippen LogP contribution is -2.32. The van der Waals surface area contributed by atoms with Crippen molar-refractivity contribution < 1.29 is 9.53 Å². The van der Waals surface area contributed by atoms with Gasteiger partial charge in [-0.15, -0.1) is 0 Å². The number of methoxy groups -OCH3 is 1. The summed E-state index contributed by atoms with van der Waals surface area (Å²) in [5.74, 6) is 0.556. The van der Waals surface area contributed by atoms with Crippen molar-refractivity contribution in [1.29, 1.82) is 0 Å². The van der Waals surface area contributed by atoms with E-state index < -0.39 is 0 Å². The van der Waals surface area contributed by atoms with Crippen LogP contribution < -0.4 is 10.6 Å². The molecule has 2 N–H and O–H groups in total. The van der Waals surface area contributed by atoms with Crippen LogP contribution in [0.4, 0.5) is 5.69 Å². The first-order chi connectivity index (χ1) is 9.29. The molecule has 0 radical (unpaired) electrons. The fraction of sp³-hybridized carbons (Fsp3) is 0.533. The van der Waals surface area contributed by atoms with Crippen molar-refractivity contribution in [3.63, 3.8) is 0 Å². The topological polar surface area (TPSA) is 50.4 Å². The highest BCUT2D eigenvalue weighted by atomic mass is 16.5. The third-order valence-corrected chi connectivity index (χ3v) is 3.46. The Balaban J connectivity index is 1.90. The second-order valence-electron chi connectivity index (χ2n) is 5.05. The third-order valence-electron chi connectivity index (χ3n) is 3.46. The van der Waals surface area contributed by atoms with Gasteiger partial charge >= 0.3 is 0 Å². The van der Waals surface area contributed by atoms with E-state index in [2.05, 4.69) is 10.6 Å². The number of para-hydroxylation sites is 1. The Morgan fingerprint density at radius 3 is 3.05 bits per heavy atom. The molecule has 1 aromatic rings. The van der Waals surface area contributed by atoms with Gasteiger partial charge in [-0.25, -0.2) is 0 Å². The third kappa shape index (κ3) is 4.33. The van der Waals surface area contributed by atoms with E-state index in [0.717, 1.165) is 37.2 Å².